The second-order valence-electron chi connectivity index (χ2n) is 21.1. The van der Waals surface area contributed by atoms with Gasteiger partial charge in [0.25, 0.3) is 35.4 Å². The number of alkyl halides is 2. The lowest BCUT2D eigenvalue weighted by molar-refractivity contribution is -0.134. The summed E-state index contributed by atoms with van der Waals surface area (Å²) in [5.41, 5.74) is 18.0. The Morgan fingerprint density at radius 1 is 0.487 bits per heavy atom. The Bertz CT molecular complexity index is 2930. The maximum absolute atomic E-state index is 12.8. The van der Waals surface area contributed by atoms with Gasteiger partial charge in [0.15, 0.2) is 0 Å². The molecular weight excluding hydrogens is 1140 g/mol. The molecule has 3 aliphatic carbocycles. The Kier molecular flexibility index (Phi) is 16.5. The number of halogens is 2. The van der Waals surface area contributed by atoms with E-state index >= 15 is 0 Å². The monoisotopic (exact) mass is 1200 g/mol. The fourth-order valence-electron chi connectivity index (χ4n) is 12.1. The van der Waals surface area contributed by atoms with Gasteiger partial charge in [0.1, 0.15) is 21.4 Å². The van der Waals surface area contributed by atoms with Gasteiger partial charge in [-0.25, -0.2) is 11.1 Å². The molecule has 3 aromatic rings. The Morgan fingerprint density at radius 2 is 0.833 bits per heavy atom. The number of carbonyl (C=O) groups is 10. The molecule has 6 N–H and O–H groups in total. The molecule has 10 aliphatic rings. The van der Waals surface area contributed by atoms with Gasteiger partial charge in [-0.05, 0) is 112 Å². The number of imide groups is 3. The van der Waals surface area contributed by atoms with Crippen LogP contribution < -0.4 is 5.73 Å². The highest BCUT2D eigenvalue weighted by molar-refractivity contribution is 9.25. The molecule has 6 unspecified atom stereocenters. The van der Waals surface area contributed by atoms with Crippen LogP contribution in [0.2, 0.25) is 0 Å². The predicted molar refractivity (Wildman–Crippen MR) is 290 cm³/mol. The molecule has 3 saturated carbocycles. The van der Waals surface area contributed by atoms with E-state index in [0.717, 1.165) is 47.8 Å². The molecule has 7 heterocycles. The van der Waals surface area contributed by atoms with Gasteiger partial charge in [-0.3, -0.25) is 62.6 Å². The summed E-state index contributed by atoms with van der Waals surface area (Å²) in [6.07, 6.45) is 11.7. The van der Waals surface area contributed by atoms with Crippen LogP contribution in [0.25, 0.3) is 0 Å². The van der Waals surface area contributed by atoms with Crippen molar-refractivity contribution < 1.29 is 54.8 Å². The van der Waals surface area contributed by atoms with E-state index < -0.39 is 18.1 Å². The van der Waals surface area contributed by atoms with Crippen molar-refractivity contribution in [2.75, 3.05) is 28.2 Å². The van der Waals surface area contributed by atoms with E-state index in [9.17, 15) is 47.9 Å². The summed E-state index contributed by atoms with van der Waals surface area (Å²) in [5.74, 6) is -0.929. The molecule has 10 atom stereocenters. The molecule has 7 aliphatic heterocycles. The minimum atomic E-state index is -0.720. The Hall–Kier alpha value is -6.82. The predicted octanol–water partition coefficient (Wildman–Crippen LogP) is 5.07. The summed E-state index contributed by atoms with van der Waals surface area (Å²) >= 11 is 7.22. The van der Waals surface area contributed by atoms with E-state index in [1.165, 1.54) is 16.2 Å². The summed E-state index contributed by atoms with van der Waals surface area (Å²) < 4.78 is -0.239. The first kappa shape index (κ1) is 57.4. The summed E-state index contributed by atoms with van der Waals surface area (Å²) in [6.45, 7) is 0. The molecule has 0 spiro atoms. The highest BCUT2D eigenvalue weighted by Gasteiger charge is 2.67. The number of nitrogens with two attached hydrogens (primary N) is 1. The second-order valence-corrected chi connectivity index (χ2v) is 24.8. The van der Waals surface area contributed by atoms with E-state index in [2.05, 4.69) is 31.9 Å². The number of nitrogens with zero attached hydrogens (tertiary/aromatic N) is 7. The number of amides is 10. The van der Waals surface area contributed by atoms with Crippen molar-refractivity contribution in [3.05, 3.63) is 118 Å². The van der Waals surface area contributed by atoms with Gasteiger partial charge in [0.05, 0.1) is 45.5 Å². The first-order valence-corrected chi connectivity index (χ1v) is 27.4. The number of fused-ring (bicyclic) bond motifs is 6. The summed E-state index contributed by atoms with van der Waals surface area (Å²) in [4.78, 5) is 134. The van der Waals surface area contributed by atoms with Crippen LogP contribution in [-0.2, 0) is 19.2 Å². The number of benzene rings is 3. The van der Waals surface area contributed by atoms with Crippen LogP contribution in [0.4, 0.5) is 0 Å². The molecular formula is C55H64Br2N10O11. The molecule has 6 fully saturated rings. The number of allylic oxidation sites excluding steroid dienone is 1. The fraction of sp³-hybridized carbons (Fsp3) is 0.455. The van der Waals surface area contributed by atoms with Crippen molar-refractivity contribution in [1.29, 1.82) is 11.1 Å². The standard InChI is InChI=1S/C16H14Br2N2O3.C16H16N2O3.C15H14N2O3.C8H14N2O.H2N2.H2O.H2/c1-19-12-10(16(12,17)18)6-7-11(15(19)23)20-13(21)8-4-2-3-5-9(8)14(20)22;1-17-13-8-9(13)6-7-12(16(17)21)18-14(19)10-4-2-3-5-11(10)15(18)20;1-16-9-5-4-8-12(15(16)20)17-13(18)10-6-2-3-7-11(10)14(17)19;1-10-7-4-5(7)2-3-6(9)8(10)11;1-2;;/h2-5,10-12H,6-7H2,1H3;2-5,9,12-13H,6-8H2,1H3;2-3,5-7,9,12H,4,8H2,1H3;5-7H,2-4,9H2,1H3;1-2H;1H2;1H/t10?,11-,12?;9?,12-,13?;12-;5?,6-,7?;;;/m0000.../s1. The van der Waals surface area contributed by atoms with Crippen molar-refractivity contribution in [2.24, 2.45) is 23.5 Å². The molecule has 23 heteroatoms. The average Bonchev–Trinajstić information content (AvgIpc) is 4.47. The molecule has 0 radical (unpaired) electrons. The first-order chi connectivity index (χ1) is 36.8. The topological polar surface area (TPSA) is 299 Å². The highest BCUT2D eigenvalue weighted by Crippen LogP contribution is 2.62. The third-order valence-corrected chi connectivity index (χ3v) is 18.8. The minimum absolute atomic E-state index is 0. The van der Waals surface area contributed by atoms with E-state index in [1.807, 2.05) is 18.0 Å². The molecule has 21 nitrogen and oxygen atoms in total. The number of carbonyl (C=O) groups excluding carboxylic acids is 10. The molecule has 0 aromatic heterocycles. The summed E-state index contributed by atoms with van der Waals surface area (Å²) in [6, 6.07) is 18.8. The molecule has 414 valence electrons. The smallest absolute Gasteiger partial charge is 0.262 e. The number of nitrogens with one attached hydrogen (secondary N) is 2. The Labute approximate surface area is 468 Å². The zero-order valence-corrected chi connectivity index (χ0v) is 46.6. The van der Waals surface area contributed by atoms with Gasteiger partial charge in [0.2, 0.25) is 23.6 Å². The van der Waals surface area contributed by atoms with E-state index in [1.54, 1.807) is 110 Å². The SMILES string of the molecule is CN1C(=O)[C@@H](N)CCC2CC21.CN1C(=O)[C@@H](N2C(=O)c3ccccc3C2=O)CCC2C1C2(Br)Br.CN1C(=O)[C@@H](N2C(=O)c3ccccc3C2=O)CCC2CC21.CN1C=CCC[C@H](N2C(=O)c3ccccc3C2=O)C1=O.N=N.O.[HH]. The molecule has 3 saturated heterocycles. The third-order valence-electron chi connectivity index (χ3n) is 16.7. The van der Waals surface area contributed by atoms with E-state index in [-0.39, 0.29) is 87.2 Å². The maximum Gasteiger partial charge on any atom is 0.262 e. The molecule has 0 bridgehead atoms. The Balaban J connectivity index is 0.000000153. The van der Waals surface area contributed by atoms with Gasteiger partial charge in [-0.2, -0.15) is 0 Å². The molecule has 78 heavy (non-hydrogen) atoms. The third kappa shape index (κ3) is 10.1. The van der Waals surface area contributed by atoms with E-state index in [4.69, 9.17) is 16.8 Å². The van der Waals surface area contributed by atoms with Gasteiger partial charge < -0.3 is 30.8 Å². The number of hydrogen-bond donors (Lipinski definition) is 3. The number of hydrogen-bond acceptors (Lipinski definition) is 13. The number of likely N-dealkylation sites (tertiary alicyclic amines) is 3. The zero-order chi connectivity index (χ0) is 55.5. The van der Waals surface area contributed by atoms with Gasteiger partial charge in [-0.1, -0.05) is 74.3 Å². The average molecular weight is 1200 g/mol. The Morgan fingerprint density at radius 3 is 1.24 bits per heavy atom. The lowest BCUT2D eigenvalue weighted by Crippen LogP contribution is -2.50. The number of likely N-dealkylation sites (N-methyl/N-ethyl adjacent to an activating group) is 4. The van der Waals surface area contributed by atoms with Crippen molar-refractivity contribution in [2.45, 2.75) is 110 Å². The minimum Gasteiger partial charge on any atom is -0.412 e. The number of rotatable bonds is 3. The zero-order valence-electron chi connectivity index (χ0n) is 43.5. The second kappa shape index (κ2) is 22.5. The largest absolute Gasteiger partial charge is 0.412 e. The first-order valence-electron chi connectivity index (χ1n) is 25.8. The van der Waals surface area contributed by atoms with Crippen LogP contribution in [0.1, 0.15) is 128 Å². The lowest BCUT2D eigenvalue weighted by atomic mass is 10.1. The fourth-order valence-corrected chi connectivity index (χ4v) is 14.0. The van der Waals surface area contributed by atoms with Gasteiger partial charge in [0, 0.05) is 53.8 Å². The lowest BCUT2D eigenvalue weighted by Gasteiger charge is -2.28. The van der Waals surface area contributed by atoms with E-state index in [0.29, 0.717) is 77.1 Å². The van der Waals surface area contributed by atoms with Crippen molar-refractivity contribution in [3.63, 3.8) is 0 Å². The maximum atomic E-state index is 12.8. The molecule has 13 rings (SSSR count). The highest BCUT2D eigenvalue weighted by atomic mass is 79.9. The van der Waals surface area contributed by atoms with Crippen LogP contribution in [0.15, 0.2) is 85.1 Å². The molecule has 10 amide bonds. The van der Waals surface area contributed by atoms with Crippen LogP contribution in [0, 0.1) is 28.8 Å². The quantitative estimate of drug-likeness (QED) is 0.177. The van der Waals surface area contributed by atoms with Crippen LogP contribution in [0.3, 0.4) is 0 Å². The van der Waals surface area contributed by atoms with Crippen molar-refractivity contribution in [3.8, 4) is 0 Å². The molecule has 3 aromatic carbocycles. The summed E-state index contributed by atoms with van der Waals surface area (Å²) in [7, 11) is 7.03. The van der Waals surface area contributed by atoms with Crippen molar-refractivity contribution in [1.82, 2.24) is 34.3 Å². The normalized spacial score (nSPS) is 29.6. The summed E-state index contributed by atoms with van der Waals surface area (Å²) in [5, 5.41) is 0. The van der Waals surface area contributed by atoms with Crippen LogP contribution in [-0.4, -0.2) is 173 Å². The van der Waals surface area contributed by atoms with Gasteiger partial charge >= 0.3 is 0 Å². The van der Waals surface area contributed by atoms with Crippen LogP contribution >= 0.6 is 31.9 Å². The van der Waals surface area contributed by atoms with Gasteiger partial charge in [-0.15, -0.1) is 0 Å². The van der Waals surface area contributed by atoms with Crippen LogP contribution in [0.5, 0.6) is 0 Å². The van der Waals surface area contributed by atoms with Crippen molar-refractivity contribution >= 4 is 90.9 Å².